The number of amides is 2. The second-order valence-corrected chi connectivity index (χ2v) is 6.83. The lowest BCUT2D eigenvalue weighted by atomic mass is 9.98. The minimum Gasteiger partial charge on any atom is -0.497 e. The van der Waals surface area contributed by atoms with Crippen LogP contribution in [-0.2, 0) is 14.3 Å². The lowest BCUT2D eigenvalue weighted by Gasteiger charge is -2.24. The van der Waals surface area contributed by atoms with Crippen molar-refractivity contribution in [2.24, 2.45) is 5.10 Å². The molecule has 0 radical (unpaired) electrons. The van der Waals surface area contributed by atoms with Crippen molar-refractivity contribution in [3.8, 4) is 5.75 Å². The Kier molecular flexibility index (Phi) is 6.61. The van der Waals surface area contributed by atoms with Crippen molar-refractivity contribution in [3.05, 3.63) is 65.7 Å². The molecule has 1 aliphatic heterocycles. The van der Waals surface area contributed by atoms with Gasteiger partial charge < -0.3 is 14.4 Å². The summed E-state index contributed by atoms with van der Waals surface area (Å²) in [7, 11) is 4.65. The third-order valence-corrected chi connectivity index (χ3v) is 4.84. The minimum absolute atomic E-state index is 0.0632. The molecular weight excluding hydrogens is 370 g/mol. The van der Waals surface area contributed by atoms with E-state index in [0.29, 0.717) is 6.42 Å². The molecule has 1 heterocycles. The fourth-order valence-electron chi connectivity index (χ4n) is 3.23. The summed E-state index contributed by atoms with van der Waals surface area (Å²) >= 11 is 0. The molecule has 0 saturated carbocycles. The van der Waals surface area contributed by atoms with Gasteiger partial charge >= 0.3 is 0 Å². The molecule has 2 aromatic carbocycles. The summed E-state index contributed by atoms with van der Waals surface area (Å²) in [5.74, 6) is 0.267. The van der Waals surface area contributed by atoms with Gasteiger partial charge in [-0.1, -0.05) is 30.3 Å². The third kappa shape index (κ3) is 4.81. The molecule has 0 N–H and O–H groups in total. The van der Waals surface area contributed by atoms with Crippen molar-refractivity contribution in [1.29, 1.82) is 0 Å². The Bertz CT molecular complexity index is 881. The lowest BCUT2D eigenvalue weighted by molar-refractivity contribution is -0.142. The molecule has 2 amide bonds. The third-order valence-electron chi connectivity index (χ3n) is 4.84. The number of hydrogen-bond donors (Lipinski definition) is 0. The van der Waals surface area contributed by atoms with Crippen LogP contribution in [0.5, 0.6) is 5.75 Å². The Morgan fingerprint density at radius 2 is 1.79 bits per heavy atom. The largest absolute Gasteiger partial charge is 0.497 e. The lowest BCUT2D eigenvalue weighted by Crippen LogP contribution is -2.40. The van der Waals surface area contributed by atoms with E-state index in [9.17, 15) is 9.59 Å². The van der Waals surface area contributed by atoms with Crippen molar-refractivity contribution >= 4 is 17.5 Å². The van der Waals surface area contributed by atoms with Crippen LogP contribution in [0.3, 0.4) is 0 Å². The summed E-state index contributed by atoms with van der Waals surface area (Å²) < 4.78 is 10.1. The van der Waals surface area contributed by atoms with Crippen LogP contribution in [0, 0.1) is 0 Å². The van der Waals surface area contributed by atoms with Gasteiger partial charge in [-0.25, -0.2) is 5.01 Å². The molecule has 0 saturated heterocycles. The fraction of sp³-hybridized carbons (Fsp3) is 0.318. The smallest absolute Gasteiger partial charge is 0.262 e. The molecule has 7 heteroatoms. The van der Waals surface area contributed by atoms with Crippen LogP contribution in [0.15, 0.2) is 59.7 Å². The molecule has 29 heavy (non-hydrogen) atoms. The van der Waals surface area contributed by atoms with Gasteiger partial charge in [0.05, 0.1) is 18.9 Å². The van der Waals surface area contributed by atoms with E-state index in [1.807, 2.05) is 54.6 Å². The number of ether oxygens (including phenoxy) is 2. The van der Waals surface area contributed by atoms with Crippen LogP contribution in [0.4, 0.5) is 0 Å². The van der Waals surface area contributed by atoms with Crippen molar-refractivity contribution in [1.82, 2.24) is 9.91 Å². The van der Waals surface area contributed by atoms with E-state index in [-0.39, 0.29) is 31.0 Å². The van der Waals surface area contributed by atoms with Crippen LogP contribution in [-0.4, -0.2) is 61.9 Å². The zero-order valence-electron chi connectivity index (χ0n) is 16.9. The number of carbonyl (C=O) groups excluding carboxylic acids is 2. The number of carbonyl (C=O) groups is 2. The molecule has 0 spiro atoms. The highest BCUT2D eigenvalue weighted by molar-refractivity contribution is 6.03. The van der Waals surface area contributed by atoms with Gasteiger partial charge in [-0.3, -0.25) is 9.59 Å². The van der Waals surface area contributed by atoms with Gasteiger partial charge in [0.15, 0.2) is 0 Å². The number of nitrogens with zero attached hydrogens (tertiary/aromatic N) is 3. The fourth-order valence-corrected chi connectivity index (χ4v) is 3.23. The Morgan fingerprint density at radius 3 is 2.41 bits per heavy atom. The second-order valence-electron chi connectivity index (χ2n) is 6.83. The first-order valence-corrected chi connectivity index (χ1v) is 9.35. The van der Waals surface area contributed by atoms with E-state index in [1.54, 1.807) is 14.2 Å². The number of methoxy groups -OCH3 is 2. The number of rotatable bonds is 7. The van der Waals surface area contributed by atoms with Gasteiger partial charge in [0, 0.05) is 20.6 Å². The van der Waals surface area contributed by atoms with Gasteiger partial charge in [-0.05, 0) is 35.4 Å². The quantitative estimate of drug-likeness (QED) is 0.722. The predicted octanol–water partition coefficient (Wildman–Crippen LogP) is 2.48. The van der Waals surface area contributed by atoms with Crippen molar-refractivity contribution in [2.75, 3.05) is 34.4 Å². The van der Waals surface area contributed by atoms with Crippen LogP contribution in [0.25, 0.3) is 0 Å². The number of likely N-dealkylation sites (N-methyl/N-ethyl adjacent to an activating group) is 1. The standard InChI is InChI=1S/C22H25N3O4/c1-24(22(27)15-28-2)14-21(26)25-20(17-7-5-4-6-8-17)13-19(23-25)16-9-11-18(29-3)12-10-16/h4-12,20H,13-15H2,1-3H3. The first kappa shape index (κ1) is 20.5. The first-order valence-electron chi connectivity index (χ1n) is 9.35. The highest BCUT2D eigenvalue weighted by Gasteiger charge is 2.33. The van der Waals surface area contributed by atoms with Crippen LogP contribution in [0.2, 0.25) is 0 Å². The molecule has 0 fully saturated rings. The van der Waals surface area contributed by atoms with Gasteiger partial charge in [-0.2, -0.15) is 5.10 Å². The van der Waals surface area contributed by atoms with Crippen molar-refractivity contribution < 1.29 is 19.1 Å². The molecule has 0 bridgehead atoms. The number of hydrogen-bond acceptors (Lipinski definition) is 5. The zero-order valence-corrected chi connectivity index (χ0v) is 16.9. The van der Waals surface area contributed by atoms with E-state index in [0.717, 1.165) is 22.6 Å². The summed E-state index contributed by atoms with van der Waals surface area (Å²) in [4.78, 5) is 26.3. The van der Waals surface area contributed by atoms with Gasteiger partial charge in [-0.15, -0.1) is 0 Å². The zero-order chi connectivity index (χ0) is 20.8. The van der Waals surface area contributed by atoms with Crippen molar-refractivity contribution in [2.45, 2.75) is 12.5 Å². The van der Waals surface area contributed by atoms with E-state index in [2.05, 4.69) is 5.10 Å². The molecule has 0 aromatic heterocycles. The topological polar surface area (TPSA) is 71.4 Å². The molecule has 3 rings (SSSR count). The molecule has 152 valence electrons. The predicted molar refractivity (Wildman–Crippen MR) is 110 cm³/mol. The summed E-state index contributed by atoms with van der Waals surface area (Å²) in [5.41, 5.74) is 2.76. The van der Waals surface area contributed by atoms with E-state index in [4.69, 9.17) is 9.47 Å². The van der Waals surface area contributed by atoms with Gasteiger partial charge in [0.1, 0.15) is 18.9 Å². The Labute approximate surface area is 170 Å². The summed E-state index contributed by atoms with van der Waals surface area (Å²) in [6.07, 6.45) is 0.595. The Balaban J connectivity index is 1.85. The van der Waals surface area contributed by atoms with E-state index in [1.165, 1.54) is 17.0 Å². The number of benzene rings is 2. The average Bonchev–Trinajstić information content (AvgIpc) is 3.20. The molecular formula is C22H25N3O4. The monoisotopic (exact) mass is 395 g/mol. The SMILES string of the molecule is COCC(=O)N(C)CC(=O)N1N=C(c2ccc(OC)cc2)CC1c1ccccc1. The highest BCUT2D eigenvalue weighted by Crippen LogP contribution is 2.33. The molecule has 7 nitrogen and oxygen atoms in total. The molecule has 1 atom stereocenters. The minimum atomic E-state index is -0.254. The summed E-state index contributed by atoms with van der Waals surface area (Å²) in [6, 6.07) is 17.2. The van der Waals surface area contributed by atoms with Crippen molar-refractivity contribution in [3.63, 3.8) is 0 Å². The van der Waals surface area contributed by atoms with E-state index < -0.39 is 0 Å². The summed E-state index contributed by atoms with van der Waals surface area (Å²) in [5, 5.41) is 6.11. The molecule has 1 aliphatic rings. The molecule has 2 aromatic rings. The summed E-state index contributed by atoms with van der Waals surface area (Å²) in [6.45, 7) is -0.128. The van der Waals surface area contributed by atoms with E-state index >= 15 is 0 Å². The maximum absolute atomic E-state index is 13.0. The van der Waals surface area contributed by atoms with Gasteiger partial charge in [0.2, 0.25) is 5.91 Å². The average molecular weight is 395 g/mol. The van der Waals surface area contributed by atoms with Crippen LogP contribution >= 0.6 is 0 Å². The normalized spacial score (nSPS) is 15.8. The number of hydrazone groups is 1. The Hall–Kier alpha value is -3.19. The highest BCUT2D eigenvalue weighted by atomic mass is 16.5. The van der Waals surface area contributed by atoms with Crippen LogP contribution in [0.1, 0.15) is 23.6 Å². The Morgan fingerprint density at radius 1 is 1.10 bits per heavy atom. The molecule has 0 aliphatic carbocycles. The molecule has 1 unspecified atom stereocenters. The second kappa shape index (κ2) is 9.34. The maximum Gasteiger partial charge on any atom is 0.262 e. The van der Waals surface area contributed by atoms with Crippen LogP contribution < -0.4 is 4.74 Å². The van der Waals surface area contributed by atoms with Gasteiger partial charge in [0.25, 0.3) is 5.91 Å². The first-order chi connectivity index (χ1) is 14.0. The maximum atomic E-state index is 13.0.